The normalized spacial score (nSPS) is 16.6. The van der Waals surface area contributed by atoms with Gasteiger partial charge in [-0.1, -0.05) is 13.8 Å². The maximum absolute atomic E-state index is 11.8. The average molecular weight is 228 g/mol. The van der Waals surface area contributed by atoms with Crippen molar-refractivity contribution in [2.75, 3.05) is 26.2 Å². The van der Waals surface area contributed by atoms with Crippen LogP contribution in [0, 0.1) is 5.41 Å². The van der Waals surface area contributed by atoms with Gasteiger partial charge in [0.1, 0.15) is 0 Å². The second kappa shape index (κ2) is 6.09. The largest absolute Gasteiger partial charge is 0.396 e. The second-order valence-corrected chi connectivity index (χ2v) is 4.72. The minimum Gasteiger partial charge on any atom is -0.396 e. The summed E-state index contributed by atoms with van der Waals surface area (Å²) in [6.07, 6.45) is 4.00. The Kier molecular flexibility index (Phi) is 5.06. The summed E-state index contributed by atoms with van der Waals surface area (Å²) in [6.45, 7) is 6.57. The zero-order valence-corrected chi connectivity index (χ0v) is 10.5. The van der Waals surface area contributed by atoms with Crippen LogP contribution in [0.4, 0.5) is 4.79 Å². The Balaban J connectivity index is 2.39. The molecule has 0 atom stereocenters. The van der Waals surface area contributed by atoms with Crippen molar-refractivity contribution in [3.05, 3.63) is 0 Å². The Morgan fingerprint density at radius 1 is 1.31 bits per heavy atom. The molecule has 0 aromatic rings. The number of carbonyl (C=O) groups is 1. The molecule has 1 aliphatic heterocycles. The van der Waals surface area contributed by atoms with Crippen LogP contribution in [0.3, 0.4) is 0 Å². The molecule has 1 rings (SSSR count). The van der Waals surface area contributed by atoms with Gasteiger partial charge in [0.15, 0.2) is 0 Å². The maximum atomic E-state index is 11.8. The Bertz CT molecular complexity index is 213. The molecular formula is C12H24N2O2. The molecule has 0 radical (unpaired) electrons. The molecule has 1 heterocycles. The lowest BCUT2D eigenvalue weighted by molar-refractivity contribution is 0.112. The Labute approximate surface area is 98.0 Å². The van der Waals surface area contributed by atoms with Crippen LogP contribution < -0.4 is 5.32 Å². The van der Waals surface area contributed by atoms with Gasteiger partial charge in [-0.25, -0.2) is 4.79 Å². The third-order valence-corrected chi connectivity index (χ3v) is 3.84. The molecule has 2 N–H and O–H groups in total. The highest BCUT2D eigenvalue weighted by molar-refractivity contribution is 5.74. The zero-order valence-electron chi connectivity index (χ0n) is 10.5. The first-order chi connectivity index (χ1) is 7.67. The molecular weight excluding hydrogens is 204 g/mol. The molecule has 0 aromatic carbocycles. The van der Waals surface area contributed by atoms with Crippen LogP contribution in [0.5, 0.6) is 0 Å². The number of nitrogens with one attached hydrogen (secondary N) is 1. The van der Waals surface area contributed by atoms with E-state index >= 15 is 0 Å². The van der Waals surface area contributed by atoms with E-state index in [9.17, 15) is 9.90 Å². The van der Waals surface area contributed by atoms with E-state index in [0.717, 1.165) is 38.8 Å². The van der Waals surface area contributed by atoms with Gasteiger partial charge in [-0.05, 0) is 25.7 Å². The monoisotopic (exact) mass is 228 g/mol. The molecule has 1 fully saturated rings. The van der Waals surface area contributed by atoms with E-state index in [1.54, 1.807) is 0 Å². The van der Waals surface area contributed by atoms with Crippen molar-refractivity contribution in [3.63, 3.8) is 0 Å². The lowest BCUT2D eigenvalue weighted by Gasteiger charge is -2.30. The van der Waals surface area contributed by atoms with Crippen molar-refractivity contribution < 1.29 is 9.90 Å². The third kappa shape index (κ3) is 3.11. The maximum Gasteiger partial charge on any atom is 0.317 e. The first-order valence-electron chi connectivity index (χ1n) is 6.31. The zero-order chi connectivity index (χ0) is 12.0. The van der Waals surface area contributed by atoms with Crippen molar-refractivity contribution in [1.82, 2.24) is 10.2 Å². The summed E-state index contributed by atoms with van der Waals surface area (Å²) in [4.78, 5) is 13.6. The Morgan fingerprint density at radius 2 is 1.88 bits per heavy atom. The summed E-state index contributed by atoms with van der Waals surface area (Å²) in [5.41, 5.74) is -0.143. The number of rotatable bonds is 5. The predicted molar refractivity (Wildman–Crippen MR) is 64.3 cm³/mol. The number of carbonyl (C=O) groups excluding carboxylic acids is 1. The van der Waals surface area contributed by atoms with Gasteiger partial charge in [-0.3, -0.25) is 0 Å². The van der Waals surface area contributed by atoms with E-state index in [4.69, 9.17) is 0 Å². The predicted octanol–water partition coefficient (Wildman–Crippen LogP) is 1.59. The summed E-state index contributed by atoms with van der Waals surface area (Å²) in [5, 5.41) is 12.3. The molecule has 0 unspecified atom stereocenters. The van der Waals surface area contributed by atoms with E-state index in [0.29, 0.717) is 6.54 Å². The number of likely N-dealkylation sites (tertiary alicyclic amines) is 1. The standard InChI is InChI=1S/C12H24N2O2/c1-3-12(4-2,10-15)9-13-11(16)14-7-5-6-8-14/h15H,3-10H2,1-2H3,(H,13,16). The fraction of sp³-hybridized carbons (Fsp3) is 0.917. The van der Waals surface area contributed by atoms with Crippen molar-refractivity contribution >= 4 is 6.03 Å². The number of aliphatic hydroxyl groups excluding tert-OH is 1. The van der Waals surface area contributed by atoms with Crippen LogP contribution in [0.2, 0.25) is 0 Å². The van der Waals surface area contributed by atoms with E-state index in [1.807, 2.05) is 4.90 Å². The quantitative estimate of drug-likeness (QED) is 0.751. The summed E-state index contributed by atoms with van der Waals surface area (Å²) in [7, 11) is 0. The van der Waals surface area contributed by atoms with Crippen LogP contribution >= 0.6 is 0 Å². The molecule has 0 aromatic heterocycles. The van der Waals surface area contributed by atoms with Crippen LogP contribution in [0.1, 0.15) is 39.5 Å². The van der Waals surface area contributed by atoms with Gasteiger partial charge in [-0.15, -0.1) is 0 Å². The fourth-order valence-corrected chi connectivity index (χ4v) is 2.07. The third-order valence-electron chi connectivity index (χ3n) is 3.84. The Morgan fingerprint density at radius 3 is 2.31 bits per heavy atom. The van der Waals surface area contributed by atoms with Gasteiger partial charge < -0.3 is 15.3 Å². The van der Waals surface area contributed by atoms with E-state index in [1.165, 1.54) is 0 Å². The van der Waals surface area contributed by atoms with Crippen molar-refractivity contribution in [3.8, 4) is 0 Å². The summed E-state index contributed by atoms with van der Waals surface area (Å²) in [6, 6.07) is 0.0252. The summed E-state index contributed by atoms with van der Waals surface area (Å²) >= 11 is 0. The van der Waals surface area contributed by atoms with E-state index < -0.39 is 0 Å². The van der Waals surface area contributed by atoms with Crippen molar-refractivity contribution in [2.24, 2.45) is 5.41 Å². The lowest BCUT2D eigenvalue weighted by Crippen LogP contribution is -2.44. The van der Waals surface area contributed by atoms with E-state index in [-0.39, 0.29) is 18.1 Å². The Hall–Kier alpha value is -0.770. The molecule has 2 amide bonds. The van der Waals surface area contributed by atoms with Crippen LogP contribution in [0.25, 0.3) is 0 Å². The molecule has 0 aliphatic carbocycles. The van der Waals surface area contributed by atoms with E-state index in [2.05, 4.69) is 19.2 Å². The minimum atomic E-state index is -0.143. The van der Waals surface area contributed by atoms with Crippen molar-refractivity contribution in [1.29, 1.82) is 0 Å². The molecule has 4 nitrogen and oxygen atoms in total. The van der Waals surface area contributed by atoms with Crippen LogP contribution in [0.15, 0.2) is 0 Å². The van der Waals surface area contributed by atoms with Crippen molar-refractivity contribution in [2.45, 2.75) is 39.5 Å². The smallest absolute Gasteiger partial charge is 0.317 e. The molecule has 1 aliphatic rings. The number of amides is 2. The van der Waals surface area contributed by atoms with Gasteiger partial charge in [-0.2, -0.15) is 0 Å². The first kappa shape index (κ1) is 13.3. The molecule has 4 heteroatoms. The van der Waals surface area contributed by atoms with Gasteiger partial charge in [0, 0.05) is 25.0 Å². The van der Waals surface area contributed by atoms with Crippen LogP contribution in [-0.4, -0.2) is 42.3 Å². The molecule has 0 spiro atoms. The summed E-state index contributed by atoms with van der Waals surface area (Å²) in [5.74, 6) is 0. The molecule has 16 heavy (non-hydrogen) atoms. The first-order valence-corrected chi connectivity index (χ1v) is 6.31. The SMILES string of the molecule is CCC(CC)(CO)CNC(=O)N1CCCC1. The van der Waals surface area contributed by atoms with Gasteiger partial charge in [0.05, 0.1) is 6.61 Å². The van der Waals surface area contributed by atoms with Gasteiger partial charge in [0.2, 0.25) is 0 Å². The number of aliphatic hydroxyl groups is 1. The molecule has 0 saturated carbocycles. The summed E-state index contributed by atoms with van der Waals surface area (Å²) < 4.78 is 0. The number of hydrogen-bond acceptors (Lipinski definition) is 2. The highest BCUT2D eigenvalue weighted by Crippen LogP contribution is 2.24. The minimum absolute atomic E-state index is 0.0252. The highest BCUT2D eigenvalue weighted by Gasteiger charge is 2.27. The van der Waals surface area contributed by atoms with Crippen LogP contribution in [-0.2, 0) is 0 Å². The number of urea groups is 1. The highest BCUT2D eigenvalue weighted by atomic mass is 16.3. The van der Waals surface area contributed by atoms with Gasteiger partial charge >= 0.3 is 6.03 Å². The number of hydrogen-bond donors (Lipinski definition) is 2. The average Bonchev–Trinajstić information content (AvgIpc) is 2.85. The second-order valence-electron chi connectivity index (χ2n) is 4.72. The topological polar surface area (TPSA) is 52.6 Å². The van der Waals surface area contributed by atoms with Gasteiger partial charge in [0.25, 0.3) is 0 Å². The fourth-order valence-electron chi connectivity index (χ4n) is 2.07. The molecule has 1 saturated heterocycles. The lowest BCUT2D eigenvalue weighted by atomic mass is 9.83. The molecule has 0 bridgehead atoms. The molecule has 94 valence electrons. The number of nitrogens with zero attached hydrogens (tertiary/aromatic N) is 1.